The lowest BCUT2D eigenvalue weighted by atomic mass is 10.2. The summed E-state index contributed by atoms with van der Waals surface area (Å²) in [5.41, 5.74) is 0.762. The van der Waals surface area contributed by atoms with Crippen molar-refractivity contribution in [3.63, 3.8) is 0 Å². The highest BCUT2D eigenvalue weighted by atomic mass is 32.2. The van der Waals surface area contributed by atoms with Gasteiger partial charge < -0.3 is 9.84 Å². The Hall–Kier alpha value is -1.60. The highest BCUT2D eigenvalue weighted by molar-refractivity contribution is 7.88. The largest absolute Gasteiger partial charge is 0.482 e. The number of carbonyl (C=O) groups is 1. The molecule has 0 heterocycles. The molecular weight excluding hydrogens is 246 g/mol. The summed E-state index contributed by atoms with van der Waals surface area (Å²) in [7, 11) is -3.21. The highest BCUT2D eigenvalue weighted by Crippen LogP contribution is 2.12. The Kier molecular flexibility index (Phi) is 4.47. The zero-order valence-corrected chi connectivity index (χ0v) is 10.0. The summed E-state index contributed by atoms with van der Waals surface area (Å²) in [4.78, 5) is 10.3. The van der Waals surface area contributed by atoms with Crippen LogP contribution in [0.15, 0.2) is 24.3 Å². The Morgan fingerprint density at radius 3 is 2.41 bits per heavy atom. The van der Waals surface area contributed by atoms with E-state index in [-0.39, 0.29) is 6.54 Å². The van der Waals surface area contributed by atoms with Crippen molar-refractivity contribution in [1.29, 1.82) is 0 Å². The molecule has 0 amide bonds. The molecule has 0 radical (unpaired) electrons. The standard InChI is InChI=1S/C10H13NO5S/c1-17(14,15)11-6-8-2-4-9(5-3-8)16-7-10(12)13/h2-5,11H,6-7H2,1H3,(H,12,13). The van der Waals surface area contributed by atoms with Gasteiger partial charge in [0.05, 0.1) is 6.26 Å². The fourth-order valence-electron chi connectivity index (χ4n) is 1.06. The Labute approximate surface area is 99.3 Å². The van der Waals surface area contributed by atoms with Crippen LogP contribution in [0, 0.1) is 0 Å². The number of benzene rings is 1. The molecule has 0 bridgehead atoms. The SMILES string of the molecule is CS(=O)(=O)NCc1ccc(OCC(=O)O)cc1. The molecule has 0 spiro atoms. The second kappa shape index (κ2) is 5.65. The smallest absolute Gasteiger partial charge is 0.341 e. The topological polar surface area (TPSA) is 92.7 Å². The monoisotopic (exact) mass is 259 g/mol. The van der Waals surface area contributed by atoms with Gasteiger partial charge in [-0.2, -0.15) is 0 Å². The second-order valence-electron chi connectivity index (χ2n) is 3.42. The molecule has 0 saturated carbocycles. The lowest BCUT2D eigenvalue weighted by molar-refractivity contribution is -0.139. The zero-order chi connectivity index (χ0) is 12.9. The van der Waals surface area contributed by atoms with E-state index in [0.717, 1.165) is 11.8 Å². The minimum Gasteiger partial charge on any atom is -0.482 e. The predicted octanol–water partition coefficient (Wildman–Crippen LogP) is 0.199. The third kappa shape index (κ3) is 5.88. The number of carboxylic acid groups (broad SMARTS) is 1. The second-order valence-corrected chi connectivity index (χ2v) is 5.25. The van der Waals surface area contributed by atoms with Crippen molar-refractivity contribution in [2.24, 2.45) is 0 Å². The van der Waals surface area contributed by atoms with Crippen LogP contribution >= 0.6 is 0 Å². The van der Waals surface area contributed by atoms with Crippen LogP contribution in [0.5, 0.6) is 5.75 Å². The van der Waals surface area contributed by atoms with Gasteiger partial charge in [-0.1, -0.05) is 12.1 Å². The maximum Gasteiger partial charge on any atom is 0.341 e. The number of carboxylic acids is 1. The van der Waals surface area contributed by atoms with E-state index in [2.05, 4.69) is 4.72 Å². The number of hydrogen-bond donors (Lipinski definition) is 2. The molecule has 0 aliphatic carbocycles. The summed E-state index contributed by atoms with van der Waals surface area (Å²) in [5, 5.41) is 8.40. The maximum atomic E-state index is 10.8. The minimum absolute atomic E-state index is 0.193. The quantitative estimate of drug-likeness (QED) is 0.761. The van der Waals surface area contributed by atoms with E-state index in [1.807, 2.05) is 0 Å². The molecule has 7 heteroatoms. The van der Waals surface area contributed by atoms with Gasteiger partial charge in [0, 0.05) is 6.54 Å². The number of nitrogens with one attached hydrogen (secondary N) is 1. The van der Waals surface area contributed by atoms with Gasteiger partial charge in [0.15, 0.2) is 6.61 Å². The molecule has 0 aliphatic heterocycles. The van der Waals surface area contributed by atoms with Gasteiger partial charge >= 0.3 is 5.97 Å². The third-order valence-electron chi connectivity index (χ3n) is 1.82. The molecular formula is C10H13NO5S. The Morgan fingerprint density at radius 2 is 1.94 bits per heavy atom. The van der Waals surface area contributed by atoms with Crippen molar-refractivity contribution >= 4 is 16.0 Å². The van der Waals surface area contributed by atoms with Crippen LogP contribution in [0.4, 0.5) is 0 Å². The molecule has 1 aromatic carbocycles. The van der Waals surface area contributed by atoms with Gasteiger partial charge in [0.1, 0.15) is 5.75 Å². The number of rotatable bonds is 6. The fraction of sp³-hybridized carbons (Fsp3) is 0.300. The van der Waals surface area contributed by atoms with Gasteiger partial charge in [0.25, 0.3) is 0 Å². The highest BCUT2D eigenvalue weighted by Gasteiger charge is 2.02. The number of hydrogen-bond acceptors (Lipinski definition) is 4. The molecule has 0 aromatic heterocycles. The van der Waals surface area contributed by atoms with E-state index in [1.54, 1.807) is 24.3 Å². The molecule has 0 atom stereocenters. The zero-order valence-electron chi connectivity index (χ0n) is 9.21. The van der Waals surface area contributed by atoms with Gasteiger partial charge in [-0.25, -0.2) is 17.9 Å². The summed E-state index contributed by atoms with van der Waals surface area (Å²) in [5.74, 6) is -0.622. The molecule has 94 valence electrons. The summed E-state index contributed by atoms with van der Waals surface area (Å²) >= 11 is 0. The van der Waals surface area contributed by atoms with E-state index < -0.39 is 22.6 Å². The molecule has 0 fully saturated rings. The summed E-state index contributed by atoms with van der Waals surface area (Å²) in [6.45, 7) is -0.209. The molecule has 0 aliphatic rings. The maximum absolute atomic E-state index is 10.8. The van der Waals surface area contributed by atoms with Crippen LogP contribution < -0.4 is 9.46 Å². The van der Waals surface area contributed by atoms with Crippen molar-refractivity contribution in [3.05, 3.63) is 29.8 Å². The fourth-order valence-corrected chi connectivity index (χ4v) is 1.49. The molecule has 2 N–H and O–H groups in total. The van der Waals surface area contributed by atoms with E-state index >= 15 is 0 Å². The van der Waals surface area contributed by atoms with Crippen LogP contribution in [0.25, 0.3) is 0 Å². The number of aliphatic carboxylic acids is 1. The van der Waals surface area contributed by atoms with Gasteiger partial charge in [-0.05, 0) is 17.7 Å². The van der Waals surface area contributed by atoms with Crippen LogP contribution in [-0.2, 0) is 21.4 Å². The van der Waals surface area contributed by atoms with E-state index in [0.29, 0.717) is 5.75 Å². The van der Waals surface area contributed by atoms with Crippen molar-refractivity contribution in [2.45, 2.75) is 6.54 Å². The van der Waals surface area contributed by atoms with Crippen molar-refractivity contribution in [2.75, 3.05) is 12.9 Å². The first-order valence-corrected chi connectivity index (χ1v) is 6.64. The number of sulfonamides is 1. The third-order valence-corrected chi connectivity index (χ3v) is 2.49. The van der Waals surface area contributed by atoms with E-state index in [4.69, 9.17) is 9.84 Å². The van der Waals surface area contributed by atoms with Crippen LogP contribution in [0.2, 0.25) is 0 Å². The molecule has 6 nitrogen and oxygen atoms in total. The van der Waals surface area contributed by atoms with Gasteiger partial charge in [-0.15, -0.1) is 0 Å². The van der Waals surface area contributed by atoms with Gasteiger partial charge in [0.2, 0.25) is 10.0 Å². The summed E-state index contributed by atoms with van der Waals surface area (Å²) in [6, 6.07) is 6.50. The molecule has 1 aromatic rings. The molecule has 17 heavy (non-hydrogen) atoms. The van der Waals surface area contributed by atoms with Crippen molar-refractivity contribution in [3.8, 4) is 5.75 Å². The first-order chi connectivity index (χ1) is 7.87. The van der Waals surface area contributed by atoms with E-state index in [9.17, 15) is 13.2 Å². The minimum atomic E-state index is -3.21. The molecule has 1 rings (SSSR count). The molecule has 0 unspecified atom stereocenters. The predicted molar refractivity (Wildman–Crippen MR) is 61.3 cm³/mol. The van der Waals surface area contributed by atoms with Crippen LogP contribution in [0.1, 0.15) is 5.56 Å². The van der Waals surface area contributed by atoms with Gasteiger partial charge in [-0.3, -0.25) is 0 Å². The first-order valence-electron chi connectivity index (χ1n) is 4.75. The lowest BCUT2D eigenvalue weighted by Crippen LogP contribution is -2.21. The normalized spacial score (nSPS) is 11.1. The van der Waals surface area contributed by atoms with E-state index in [1.165, 1.54) is 0 Å². The summed E-state index contributed by atoms with van der Waals surface area (Å²) in [6.07, 6.45) is 1.08. The number of ether oxygens (including phenoxy) is 1. The Balaban J connectivity index is 2.53. The van der Waals surface area contributed by atoms with Crippen molar-refractivity contribution < 1.29 is 23.1 Å². The summed E-state index contributed by atoms with van der Waals surface area (Å²) < 4.78 is 29.0. The molecule has 0 saturated heterocycles. The average Bonchev–Trinajstić information content (AvgIpc) is 2.24. The average molecular weight is 259 g/mol. The van der Waals surface area contributed by atoms with Crippen LogP contribution in [0.3, 0.4) is 0 Å². The Morgan fingerprint density at radius 1 is 1.35 bits per heavy atom. The van der Waals surface area contributed by atoms with Crippen molar-refractivity contribution in [1.82, 2.24) is 4.72 Å². The van der Waals surface area contributed by atoms with Crippen LogP contribution in [-0.4, -0.2) is 32.4 Å². The Bertz CT molecular complexity index is 480. The lowest BCUT2D eigenvalue weighted by Gasteiger charge is -2.05. The first kappa shape index (κ1) is 13.5.